The van der Waals surface area contributed by atoms with Gasteiger partial charge in [-0.1, -0.05) is 13.8 Å². The molecule has 2 atom stereocenters. The minimum Gasteiger partial charge on any atom is -0.295 e. The van der Waals surface area contributed by atoms with Gasteiger partial charge in [-0.2, -0.15) is 0 Å². The Kier molecular flexibility index (Phi) is 3.16. The van der Waals surface area contributed by atoms with E-state index in [9.17, 15) is 0 Å². The zero-order valence-electron chi connectivity index (χ0n) is 7.71. The number of fused-ring (bicyclic) bond motifs is 2. The maximum absolute atomic E-state index is 2.75. The molecule has 2 saturated heterocycles. The van der Waals surface area contributed by atoms with Crippen LogP contribution in [0.3, 0.4) is 0 Å². The van der Waals surface area contributed by atoms with Crippen molar-refractivity contribution in [1.29, 1.82) is 0 Å². The van der Waals surface area contributed by atoms with Crippen molar-refractivity contribution in [2.45, 2.75) is 71.5 Å². The molecular weight excluding hydrogens is 146 g/mol. The topological polar surface area (TPSA) is 3.24 Å². The van der Waals surface area contributed by atoms with Gasteiger partial charge in [0.15, 0.2) is 0 Å². The van der Waals surface area contributed by atoms with Crippen LogP contribution >= 0.6 is 0 Å². The molecule has 72 valence electrons. The minimum atomic E-state index is 0. The third-order valence-corrected chi connectivity index (χ3v) is 3.35. The second kappa shape index (κ2) is 3.78. The number of piperidine rings is 1. The Hall–Kier alpha value is -0.0400. The summed E-state index contributed by atoms with van der Waals surface area (Å²) in [6, 6.07) is 2.69. The Balaban J connectivity index is 0.000000720. The van der Waals surface area contributed by atoms with Crippen molar-refractivity contribution in [1.82, 2.24) is 4.90 Å². The molecule has 2 heterocycles. The molecule has 2 aliphatic heterocycles. The lowest BCUT2D eigenvalue weighted by molar-refractivity contribution is 0.104. The number of hydrogen-bond donors (Lipinski definition) is 0. The Morgan fingerprint density at radius 1 is 1.00 bits per heavy atom. The molecule has 2 bridgehead atoms. The first-order chi connectivity index (χ1) is 5.29. The first-order valence-electron chi connectivity index (χ1n) is 5.06. The molecule has 0 amide bonds. The fourth-order valence-electron chi connectivity index (χ4n) is 3.00. The zero-order chi connectivity index (χ0) is 7.84. The van der Waals surface area contributed by atoms with Crippen molar-refractivity contribution >= 4 is 0 Å². The van der Waals surface area contributed by atoms with Gasteiger partial charge in [-0.15, -0.1) is 0 Å². The van der Waals surface area contributed by atoms with Crippen LogP contribution in [0.1, 0.15) is 53.4 Å². The molecule has 12 heavy (non-hydrogen) atoms. The van der Waals surface area contributed by atoms with E-state index in [1.54, 1.807) is 0 Å². The zero-order valence-corrected chi connectivity index (χ0v) is 7.71. The van der Waals surface area contributed by atoms with Crippen molar-refractivity contribution in [2.24, 2.45) is 0 Å². The third kappa shape index (κ3) is 1.52. The van der Waals surface area contributed by atoms with E-state index in [2.05, 4.69) is 18.7 Å². The van der Waals surface area contributed by atoms with Gasteiger partial charge in [0.2, 0.25) is 0 Å². The van der Waals surface area contributed by atoms with E-state index in [4.69, 9.17) is 0 Å². The van der Waals surface area contributed by atoms with Crippen LogP contribution in [0.25, 0.3) is 0 Å². The second-order valence-electron chi connectivity index (χ2n) is 4.36. The number of nitrogens with zero attached hydrogens (tertiary/aromatic N) is 1. The van der Waals surface area contributed by atoms with Crippen LogP contribution in [-0.2, 0) is 0 Å². The first-order valence-corrected chi connectivity index (χ1v) is 5.06. The molecule has 0 N–H and O–H groups in total. The highest BCUT2D eigenvalue weighted by Gasteiger charge is 2.37. The highest BCUT2D eigenvalue weighted by Crippen LogP contribution is 2.36. The average molecular weight is 169 g/mol. The van der Waals surface area contributed by atoms with E-state index in [1.165, 1.54) is 32.1 Å². The summed E-state index contributed by atoms with van der Waals surface area (Å²) >= 11 is 0. The molecule has 0 saturated carbocycles. The predicted octanol–water partition coefficient (Wildman–Crippen LogP) is 3.05. The molecule has 2 unspecified atom stereocenters. The minimum absolute atomic E-state index is 0. The fourth-order valence-corrected chi connectivity index (χ4v) is 3.00. The van der Waals surface area contributed by atoms with Crippen molar-refractivity contribution in [3.8, 4) is 0 Å². The van der Waals surface area contributed by atoms with E-state index >= 15 is 0 Å². The summed E-state index contributed by atoms with van der Waals surface area (Å²) in [6.45, 7) is 4.69. The van der Waals surface area contributed by atoms with E-state index in [-0.39, 0.29) is 7.43 Å². The smallest absolute Gasteiger partial charge is 0.0101 e. The lowest BCUT2D eigenvalue weighted by Gasteiger charge is -2.37. The molecule has 0 radical (unpaired) electrons. The maximum Gasteiger partial charge on any atom is 0.0101 e. The standard InChI is InChI=1S/C10H19N.CH4/c1-8(2)11-9-4-3-5-10(11)7-6-9;/h8-10H,3-7H2,1-2H3;1H4. The van der Waals surface area contributed by atoms with Crippen LogP contribution in [0.5, 0.6) is 0 Å². The van der Waals surface area contributed by atoms with Crippen molar-refractivity contribution in [3.05, 3.63) is 0 Å². The Bertz CT molecular complexity index is 126. The summed E-state index contributed by atoms with van der Waals surface area (Å²) in [7, 11) is 0. The lowest BCUT2D eigenvalue weighted by atomic mass is 10.0. The Morgan fingerprint density at radius 3 is 1.83 bits per heavy atom. The SMILES string of the molecule is C.CC(C)N1C2CCCC1CC2. The predicted molar refractivity (Wildman–Crippen MR) is 54.4 cm³/mol. The van der Waals surface area contributed by atoms with Gasteiger partial charge in [-0.3, -0.25) is 4.90 Å². The number of rotatable bonds is 1. The van der Waals surface area contributed by atoms with Gasteiger partial charge < -0.3 is 0 Å². The monoisotopic (exact) mass is 169 g/mol. The number of hydrogen-bond acceptors (Lipinski definition) is 1. The molecular formula is C11H23N. The summed E-state index contributed by atoms with van der Waals surface area (Å²) in [5.41, 5.74) is 0. The Labute approximate surface area is 77.1 Å². The van der Waals surface area contributed by atoms with Crippen LogP contribution in [0.4, 0.5) is 0 Å². The normalized spacial score (nSPS) is 35.2. The van der Waals surface area contributed by atoms with Gasteiger partial charge >= 0.3 is 0 Å². The quantitative estimate of drug-likeness (QED) is 0.583. The van der Waals surface area contributed by atoms with E-state index in [0.717, 1.165) is 18.1 Å². The van der Waals surface area contributed by atoms with Crippen LogP contribution in [0, 0.1) is 0 Å². The molecule has 2 rings (SSSR count). The molecule has 0 aromatic rings. The average Bonchev–Trinajstić information content (AvgIpc) is 2.23. The molecule has 1 nitrogen and oxygen atoms in total. The molecule has 0 spiro atoms. The molecule has 0 aromatic heterocycles. The first kappa shape index (κ1) is 10.0. The van der Waals surface area contributed by atoms with Gasteiger partial charge in [0.05, 0.1) is 0 Å². The highest BCUT2D eigenvalue weighted by atomic mass is 15.2. The summed E-state index contributed by atoms with van der Waals surface area (Å²) in [5, 5.41) is 0. The van der Waals surface area contributed by atoms with E-state index in [0.29, 0.717) is 0 Å². The van der Waals surface area contributed by atoms with Gasteiger partial charge in [-0.25, -0.2) is 0 Å². The third-order valence-electron chi connectivity index (χ3n) is 3.35. The van der Waals surface area contributed by atoms with Gasteiger partial charge in [-0.05, 0) is 39.5 Å². The molecule has 1 heteroatoms. The van der Waals surface area contributed by atoms with Crippen LogP contribution in [0.15, 0.2) is 0 Å². The van der Waals surface area contributed by atoms with Gasteiger partial charge in [0.25, 0.3) is 0 Å². The van der Waals surface area contributed by atoms with Crippen LogP contribution in [-0.4, -0.2) is 23.0 Å². The maximum atomic E-state index is 2.75. The van der Waals surface area contributed by atoms with Crippen LogP contribution in [0.2, 0.25) is 0 Å². The van der Waals surface area contributed by atoms with Gasteiger partial charge in [0.1, 0.15) is 0 Å². The van der Waals surface area contributed by atoms with Crippen LogP contribution < -0.4 is 0 Å². The van der Waals surface area contributed by atoms with E-state index < -0.39 is 0 Å². The summed E-state index contributed by atoms with van der Waals surface area (Å²) < 4.78 is 0. The molecule has 0 aromatic carbocycles. The molecule has 2 fully saturated rings. The highest BCUT2D eigenvalue weighted by molar-refractivity contribution is 4.93. The Morgan fingerprint density at radius 2 is 1.50 bits per heavy atom. The summed E-state index contributed by atoms with van der Waals surface area (Å²) in [4.78, 5) is 2.75. The van der Waals surface area contributed by atoms with Crippen molar-refractivity contribution < 1.29 is 0 Å². The summed E-state index contributed by atoms with van der Waals surface area (Å²) in [6.07, 6.45) is 7.37. The van der Waals surface area contributed by atoms with Crippen molar-refractivity contribution in [3.63, 3.8) is 0 Å². The fraction of sp³-hybridized carbons (Fsp3) is 1.00. The molecule has 0 aliphatic carbocycles. The lowest BCUT2D eigenvalue weighted by Crippen LogP contribution is -2.43. The van der Waals surface area contributed by atoms with E-state index in [1.807, 2.05) is 0 Å². The summed E-state index contributed by atoms with van der Waals surface area (Å²) in [5.74, 6) is 0. The molecule has 2 aliphatic rings. The second-order valence-corrected chi connectivity index (χ2v) is 4.36. The largest absolute Gasteiger partial charge is 0.295 e. The van der Waals surface area contributed by atoms with Crippen molar-refractivity contribution in [2.75, 3.05) is 0 Å². The van der Waals surface area contributed by atoms with Gasteiger partial charge in [0, 0.05) is 18.1 Å².